The average molecular weight is 531 g/mol. The van der Waals surface area contributed by atoms with Crippen LogP contribution >= 0.6 is 39.9 Å². The molecule has 0 radical (unpaired) electrons. The number of rotatable bonds is 5. The van der Waals surface area contributed by atoms with Gasteiger partial charge in [0.05, 0.1) is 6.54 Å². The maximum absolute atomic E-state index is 12.0. The minimum absolute atomic E-state index is 0. The van der Waals surface area contributed by atoms with E-state index in [2.05, 4.69) is 37.6 Å². The van der Waals surface area contributed by atoms with Crippen LogP contribution < -0.4 is 16.4 Å². The van der Waals surface area contributed by atoms with E-state index in [4.69, 9.17) is 5.73 Å². The van der Waals surface area contributed by atoms with Crippen molar-refractivity contribution < 1.29 is 4.79 Å². The Morgan fingerprint density at radius 1 is 1.08 bits per heavy atom. The van der Waals surface area contributed by atoms with Crippen LogP contribution in [-0.2, 0) is 4.79 Å². The third kappa shape index (κ3) is 7.33. The number of benzene rings is 2. The van der Waals surface area contributed by atoms with Crippen molar-refractivity contribution in [1.82, 2.24) is 0 Å². The Balaban J connectivity index is 0.00000338. The Morgan fingerprint density at radius 2 is 1.73 bits per heavy atom. The van der Waals surface area contributed by atoms with E-state index in [1.165, 1.54) is 0 Å². The van der Waals surface area contributed by atoms with Gasteiger partial charge in [-0.2, -0.15) is 0 Å². The highest BCUT2D eigenvalue weighted by Gasteiger charge is 2.05. The van der Waals surface area contributed by atoms with Crippen molar-refractivity contribution in [2.24, 2.45) is 10.7 Å². The number of amides is 1. The number of aliphatic imine (C=N–C) groups is 1. The predicted molar refractivity (Wildman–Crippen MR) is 124 cm³/mol. The molecule has 4 N–H and O–H groups in total. The average Bonchev–Trinajstić information content (AvgIpc) is 2.49. The molecule has 2 aromatic carbocycles. The lowest BCUT2D eigenvalue weighted by Gasteiger charge is -2.09. The Kier molecular flexibility index (Phi) is 9.07. The van der Waals surface area contributed by atoms with Crippen molar-refractivity contribution in [2.45, 2.75) is 27.2 Å². The molecular formula is C19H24BrIN4O. The van der Waals surface area contributed by atoms with Gasteiger partial charge in [0.2, 0.25) is 5.91 Å². The minimum Gasteiger partial charge on any atom is -0.370 e. The number of carbonyl (C=O) groups excluding carboxylic acids is 1. The lowest BCUT2D eigenvalue weighted by molar-refractivity contribution is -0.116. The van der Waals surface area contributed by atoms with Gasteiger partial charge in [0.25, 0.3) is 0 Å². The summed E-state index contributed by atoms with van der Waals surface area (Å²) in [5.74, 6) is 0.209. The van der Waals surface area contributed by atoms with Crippen LogP contribution in [0.25, 0.3) is 0 Å². The molecule has 0 unspecified atom stereocenters. The number of nitrogens with one attached hydrogen (secondary N) is 2. The fourth-order valence-electron chi connectivity index (χ4n) is 2.45. The number of hydrogen-bond donors (Lipinski definition) is 3. The van der Waals surface area contributed by atoms with E-state index >= 15 is 0 Å². The first kappa shape index (κ1) is 22.4. The highest BCUT2D eigenvalue weighted by Crippen LogP contribution is 2.20. The lowest BCUT2D eigenvalue weighted by atomic mass is 10.1. The first-order chi connectivity index (χ1) is 11.8. The van der Waals surface area contributed by atoms with Crippen molar-refractivity contribution in [2.75, 3.05) is 17.2 Å². The summed E-state index contributed by atoms with van der Waals surface area (Å²) in [6, 6.07) is 11.9. The van der Waals surface area contributed by atoms with Gasteiger partial charge in [-0.05, 0) is 61.7 Å². The molecule has 0 aliphatic carbocycles. The van der Waals surface area contributed by atoms with E-state index < -0.39 is 0 Å². The van der Waals surface area contributed by atoms with Crippen molar-refractivity contribution in [3.63, 3.8) is 0 Å². The van der Waals surface area contributed by atoms with Gasteiger partial charge < -0.3 is 16.4 Å². The van der Waals surface area contributed by atoms with E-state index in [1.807, 2.05) is 51.1 Å². The maximum atomic E-state index is 12.0. The van der Waals surface area contributed by atoms with E-state index in [1.54, 1.807) is 0 Å². The summed E-state index contributed by atoms with van der Waals surface area (Å²) >= 11 is 3.40. The zero-order valence-electron chi connectivity index (χ0n) is 15.1. The Labute approximate surface area is 180 Å². The molecule has 5 nitrogen and oxygen atoms in total. The van der Waals surface area contributed by atoms with Gasteiger partial charge in [0.15, 0.2) is 5.96 Å². The van der Waals surface area contributed by atoms with E-state index in [0.717, 1.165) is 32.5 Å². The second kappa shape index (κ2) is 10.5. The minimum atomic E-state index is -0.0934. The second-order valence-electron chi connectivity index (χ2n) is 6.03. The number of halogens is 2. The second-order valence-corrected chi connectivity index (χ2v) is 6.94. The summed E-state index contributed by atoms with van der Waals surface area (Å²) in [4.78, 5) is 16.3. The van der Waals surface area contributed by atoms with Crippen LogP contribution in [-0.4, -0.2) is 18.4 Å². The standard InChI is InChI=1S/C19H23BrN4O.HI/c1-12-8-13(2)10-16(9-12)23-19(21)22-7-6-18(25)24-17-11-15(20)5-4-14(17)3;/h4-5,8-11H,6-7H2,1-3H3,(H,24,25)(H3,21,22,23);1H. The summed E-state index contributed by atoms with van der Waals surface area (Å²) in [5, 5.41) is 5.94. The zero-order chi connectivity index (χ0) is 18.4. The molecule has 26 heavy (non-hydrogen) atoms. The van der Waals surface area contributed by atoms with Gasteiger partial charge in [0, 0.05) is 22.3 Å². The van der Waals surface area contributed by atoms with E-state index in [-0.39, 0.29) is 36.3 Å². The van der Waals surface area contributed by atoms with Crippen LogP contribution in [0, 0.1) is 20.8 Å². The van der Waals surface area contributed by atoms with Crippen LogP contribution in [0.5, 0.6) is 0 Å². The summed E-state index contributed by atoms with van der Waals surface area (Å²) in [6.45, 7) is 6.33. The molecule has 0 aliphatic rings. The number of nitrogens with two attached hydrogens (primary N) is 1. The highest BCUT2D eigenvalue weighted by molar-refractivity contribution is 14.0. The number of guanidine groups is 1. The molecule has 7 heteroatoms. The predicted octanol–water partition coefficient (Wildman–Crippen LogP) is 4.75. The summed E-state index contributed by atoms with van der Waals surface area (Å²) < 4.78 is 0.924. The Hall–Kier alpha value is -1.61. The van der Waals surface area contributed by atoms with Crippen molar-refractivity contribution in [3.05, 3.63) is 57.6 Å². The fraction of sp³-hybridized carbons (Fsp3) is 0.263. The van der Waals surface area contributed by atoms with Crippen LogP contribution in [0.4, 0.5) is 11.4 Å². The van der Waals surface area contributed by atoms with Crippen LogP contribution in [0.15, 0.2) is 45.9 Å². The third-order valence-electron chi connectivity index (χ3n) is 3.59. The number of carbonyl (C=O) groups is 1. The van der Waals surface area contributed by atoms with Gasteiger partial charge in [-0.25, -0.2) is 0 Å². The van der Waals surface area contributed by atoms with E-state index in [0.29, 0.717) is 12.5 Å². The van der Waals surface area contributed by atoms with Crippen LogP contribution in [0.1, 0.15) is 23.1 Å². The normalized spacial score (nSPS) is 10.8. The Bertz CT molecular complexity index is 788. The number of nitrogens with zero attached hydrogens (tertiary/aromatic N) is 1. The molecular weight excluding hydrogens is 507 g/mol. The molecule has 0 fully saturated rings. The van der Waals surface area contributed by atoms with Gasteiger partial charge in [-0.1, -0.05) is 28.1 Å². The Morgan fingerprint density at radius 3 is 2.38 bits per heavy atom. The zero-order valence-corrected chi connectivity index (χ0v) is 19.0. The topological polar surface area (TPSA) is 79.5 Å². The number of anilines is 2. The molecule has 0 spiro atoms. The molecule has 0 saturated heterocycles. The molecule has 0 aromatic heterocycles. The monoisotopic (exact) mass is 530 g/mol. The number of aryl methyl sites for hydroxylation is 3. The molecule has 0 bridgehead atoms. The van der Waals surface area contributed by atoms with Crippen molar-refractivity contribution in [1.29, 1.82) is 0 Å². The van der Waals surface area contributed by atoms with E-state index in [9.17, 15) is 4.79 Å². The summed E-state index contributed by atoms with van der Waals surface area (Å²) in [7, 11) is 0. The molecule has 0 saturated carbocycles. The summed E-state index contributed by atoms with van der Waals surface area (Å²) in [5.41, 5.74) is 10.9. The third-order valence-corrected chi connectivity index (χ3v) is 4.08. The maximum Gasteiger partial charge on any atom is 0.226 e. The summed E-state index contributed by atoms with van der Waals surface area (Å²) in [6.07, 6.45) is 0.265. The largest absolute Gasteiger partial charge is 0.370 e. The number of hydrogen-bond acceptors (Lipinski definition) is 2. The molecule has 2 aromatic rings. The van der Waals surface area contributed by atoms with Gasteiger partial charge in [-0.15, -0.1) is 24.0 Å². The molecule has 0 atom stereocenters. The smallest absolute Gasteiger partial charge is 0.226 e. The van der Waals surface area contributed by atoms with Crippen molar-refractivity contribution in [3.8, 4) is 0 Å². The fourth-order valence-corrected chi connectivity index (χ4v) is 2.81. The molecule has 0 aliphatic heterocycles. The van der Waals surface area contributed by atoms with Crippen molar-refractivity contribution >= 4 is 63.1 Å². The highest BCUT2D eigenvalue weighted by atomic mass is 127. The first-order valence-corrected chi connectivity index (χ1v) is 8.84. The first-order valence-electron chi connectivity index (χ1n) is 8.05. The van der Waals surface area contributed by atoms with Gasteiger partial charge >= 0.3 is 0 Å². The van der Waals surface area contributed by atoms with Gasteiger partial charge in [-0.3, -0.25) is 9.79 Å². The quantitative estimate of drug-likeness (QED) is 0.296. The molecule has 2 rings (SSSR count). The van der Waals surface area contributed by atoms with Crippen LogP contribution in [0.3, 0.4) is 0 Å². The lowest BCUT2D eigenvalue weighted by Crippen LogP contribution is -2.23. The van der Waals surface area contributed by atoms with Crippen LogP contribution in [0.2, 0.25) is 0 Å². The SMILES string of the molecule is Cc1cc(C)cc(NC(N)=NCCC(=O)Nc2cc(Br)ccc2C)c1.I. The van der Waals surface area contributed by atoms with Gasteiger partial charge in [0.1, 0.15) is 0 Å². The molecule has 0 heterocycles. The molecule has 140 valence electrons. The molecule has 1 amide bonds.